The van der Waals surface area contributed by atoms with Crippen LogP contribution in [0.25, 0.3) is 23.3 Å². The van der Waals surface area contributed by atoms with Gasteiger partial charge in [0.2, 0.25) is 11.8 Å². The summed E-state index contributed by atoms with van der Waals surface area (Å²) < 4.78 is 0. The molecular formula is C32H26Cl2N2O2. The van der Waals surface area contributed by atoms with Crippen LogP contribution in [0.3, 0.4) is 0 Å². The summed E-state index contributed by atoms with van der Waals surface area (Å²) in [6.07, 6.45) is 6.42. The van der Waals surface area contributed by atoms with Crippen LogP contribution >= 0.6 is 23.2 Å². The second kappa shape index (κ2) is 12.4. The van der Waals surface area contributed by atoms with Crippen molar-refractivity contribution in [2.75, 3.05) is 10.6 Å². The molecule has 0 saturated carbocycles. The van der Waals surface area contributed by atoms with Crippen molar-refractivity contribution in [1.29, 1.82) is 0 Å². The molecular weight excluding hydrogens is 515 g/mol. The number of nitrogens with one attached hydrogen (secondary N) is 2. The van der Waals surface area contributed by atoms with Crippen LogP contribution in [-0.4, -0.2) is 11.8 Å². The van der Waals surface area contributed by atoms with E-state index in [2.05, 4.69) is 10.6 Å². The standard InChI is InChI=1S/C32H26Cl2N2O2/c1-21-17-25(11-13-29(21)35-31(37)15-9-23-5-3-7-27(33)19-23)26-12-14-30(22(2)18-26)36-32(38)16-10-24-6-4-8-28(34)20-24/h3-20H,1-2H3,(H,35,37)(H,36,38). The van der Waals surface area contributed by atoms with E-state index >= 15 is 0 Å². The van der Waals surface area contributed by atoms with E-state index in [1.165, 1.54) is 12.2 Å². The van der Waals surface area contributed by atoms with E-state index in [-0.39, 0.29) is 11.8 Å². The van der Waals surface area contributed by atoms with Gasteiger partial charge in [0.15, 0.2) is 0 Å². The number of hydrogen-bond donors (Lipinski definition) is 2. The Balaban J connectivity index is 1.40. The zero-order valence-corrected chi connectivity index (χ0v) is 22.5. The maximum atomic E-state index is 12.4. The maximum absolute atomic E-state index is 12.4. The molecule has 0 aliphatic carbocycles. The number of halogens is 2. The lowest BCUT2D eigenvalue weighted by Gasteiger charge is -2.12. The van der Waals surface area contributed by atoms with Crippen LogP contribution in [0, 0.1) is 13.8 Å². The van der Waals surface area contributed by atoms with Gasteiger partial charge >= 0.3 is 0 Å². The Morgan fingerprint density at radius 1 is 0.605 bits per heavy atom. The summed E-state index contributed by atoms with van der Waals surface area (Å²) in [7, 11) is 0. The van der Waals surface area contributed by atoms with Crippen LogP contribution < -0.4 is 10.6 Å². The zero-order chi connectivity index (χ0) is 27.1. The first-order valence-corrected chi connectivity index (χ1v) is 12.7. The van der Waals surface area contributed by atoms with Crippen molar-refractivity contribution in [3.8, 4) is 11.1 Å². The Bertz CT molecular complexity index is 1440. The molecule has 0 aliphatic rings. The first-order valence-electron chi connectivity index (χ1n) is 12.0. The fraction of sp³-hybridized carbons (Fsp3) is 0.0625. The molecule has 190 valence electrons. The summed E-state index contributed by atoms with van der Waals surface area (Å²) in [5.74, 6) is -0.442. The quantitative estimate of drug-likeness (QED) is 0.230. The number of amides is 2. The third-order valence-electron chi connectivity index (χ3n) is 5.85. The predicted molar refractivity (Wildman–Crippen MR) is 160 cm³/mol. The predicted octanol–water partition coefficient (Wildman–Crippen LogP) is 8.58. The van der Waals surface area contributed by atoms with E-state index in [4.69, 9.17) is 23.2 Å². The Labute approximate surface area is 232 Å². The van der Waals surface area contributed by atoms with Crippen molar-refractivity contribution in [2.24, 2.45) is 0 Å². The molecule has 4 aromatic rings. The van der Waals surface area contributed by atoms with Crippen molar-refractivity contribution in [3.05, 3.63) is 129 Å². The lowest BCUT2D eigenvalue weighted by molar-refractivity contribution is -0.112. The second-order valence-corrected chi connectivity index (χ2v) is 9.69. The Morgan fingerprint density at radius 2 is 1.03 bits per heavy atom. The van der Waals surface area contributed by atoms with Gasteiger partial charge < -0.3 is 10.6 Å². The molecule has 0 bridgehead atoms. The number of aryl methyl sites for hydroxylation is 2. The smallest absolute Gasteiger partial charge is 0.248 e. The number of anilines is 2. The van der Waals surface area contributed by atoms with Crippen LogP contribution in [0.2, 0.25) is 10.0 Å². The number of carbonyl (C=O) groups is 2. The summed E-state index contributed by atoms with van der Waals surface area (Å²) in [5, 5.41) is 7.09. The summed E-state index contributed by atoms with van der Waals surface area (Å²) >= 11 is 12.0. The van der Waals surface area contributed by atoms with Gasteiger partial charge in [-0.3, -0.25) is 9.59 Å². The first kappa shape index (κ1) is 26.9. The fourth-order valence-corrected chi connectivity index (χ4v) is 4.28. The highest BCUT2D eigenvalue weighted by Crippen LogP contribution is 2.28. The molecule has 0 fully saturated rings. The molecule has 2 amide bonds. The molecule has 0 heterocycles. The molecule has 0 spiro atoms. The van der Waals surface area contributed by atoms with E-state index < -0.39 is 0 Å². The van der Waals surface area contributed by atoms with Crippen LogP contribution in [-0.2, 0) is 9.59 Å². The van der Waals surface area contributed by atoms with E-state index in [9.17, 15) is 9.59 Å². The third-order valence-corrected chi connectivity index (χ3v) is 6.32. The molecule has 4 rings (SSSR count). The molecule has 4 nitrogen and oxygen atoms in total. The minimum atomic E-state index is -0.221. The Morgan fingerprint density at radius 3 is 1.39 bits per heavy atom. The van der Waals surface area contributed by atoms with Crippen molar-refractivity contribution in [3.63, 3.8) is 0 Å². The Hall–Kier alpha value is -4.12. The highest BCUT2D eigenvalue weighted by atomic mass is 35.5. The van der Waals surface area contributed by atoms with Crippen molar-refractivity contribution in [1.82, 2.24) is 0 Å². The summed E-state index contributed by atoms with van der Waals surface area (Å²) in [6.45, 7) is 3.90. The molecule has 2 N–H and O–H groups in total. The number of rotatable bonds is 7. The largest absolute Gasteiger partial charge is 0.322 e. The van der Waals surface area contributed by atoms with Gasteiger partial charge in [-0.15, -0.1) is 0 Å². The second-order valence-electron chi connectivity index (χ2n) is 8.81. The molecule has 0 aromatic heterocycles. The van der Waals surface area contributed by atoms with Gasteiger partial charge in [-0.1, -0.05) is 59.6 Å². The van der Waals surface area contributed by atoms with Gasteiger partial charge in [0.25, 0.3) is 0 Å². The molecule has 0 aliphatic heterocycles. The van der Waals surface area contributed by atoms with Gasteiger partial charge in [-0.05, 0) is 108 Å². The molecule has 4 aromatic carbocycles. The topological polar surface area (TPSA) is 58.2 Å². The SMILES string of the molecule is Cc1cc(-c2ccc(NC(=O)C=Cc3cccc(Cl)c3)c(C)c2)ccc1NC(=O)C=Cc1cccc(Cl)c1. The number of hydrogen-bond acceptors (Lipinski definition) is 2. The molecule has 0 saturated heterocycles. The van der Waals surface area contributed by atoms with Crippen LogP contribution in [0.1, 0.15) is 22.3 Å². The highest BCUT2D eigenvalue weighted by Gasteiger charge is 2.08. The molecule has 38 heavy (non-hydrogen) atoms. The highest BCUT2D eigenvalue weighted by molar-refractivity contribution is 6.31. The van der Waals surface area contributed by atoms with Crippen molar-refractivity contribution >= 4 is 58.5 Å². The minimum Gasteiger partial charge on any atom is -0.322 e. The maximum Gasteiger partial charge on any atom is 0.248 e. The monoisotopic (exact) mass is 540 g/mol. The Kier molecular flexibility index (Phi) is 8.80. The van der Waals surface area contributed by atoms with Gasteiger partial charge in [-0.2, -0.15) is 0 Å². The lowest BCUT2D eigenvalue weighted by atomic mass is 10.00. The van der Waals surface area contributed by atoms with E-state index in [0.717, 1.165) is 44.8 Å². The van der Waals surface area contributed by atoms with Crippen LogP contribution in [0.4, 0.5) is 11.4 Å². The molecule has 0 radical (unpaired) electrons. The van der Waals surface area contributed by atoms with Gasteiger partial charge in [-0.25, -0.2) is 0 Å². The van der Waals surface area contributed by atoms with Gasteiger partial charge in [0.05, 0.1) is 0 Å². The van der Waals surface area contributed by atoms with Gasteiger partial charge in [0, 0.05) is 33.6 Å². The van der Waals surface area contributed by atoms with Crippen LogP contribution in [0.15, 0.2) is 97.1 Å². The van der Waals surface area contributed by atoms with Crippen LogP contribution in [0.5, 0.6) is 0 Å². The summed E-state index contributed by atoms with van der Waals surface area (Å²) in [6, 6.07) is 26.4. The number of carbonyl (C=O) groups excluding carboxylic acids is 2. The van der Waals surface area contributed by atoms with E-state index in [1.54, 1.807) is 36.4 Å². The summed E-state index contributed by atoms with van der Waals surface area (Å²) in [4.78, 5) is 24.8. The normalized spacial score (nSPS) is 11.2. The molecule has 0 atom stereocenters. The van der Waals surface area contributed by atoms with Crippen molar-refractivity contribution < 1.29 is 9.59 Å². The van der Waals surface area contributed by atoms with E-state index in [0.29, 0.717) is 10.0 Å². The minimum absolute atomic E-state index is 0.221. The molecule has 0 unspecified atom stereocenters. The number of benzene rings is 4. The average Bonchev–Trinajstić information content (AvgIpc) is 2.89. The van der Waals surface area contributed by atoms with Crippen molar-refractivity contribution in [2.45, 2.75) is 13.8 Å². The summed E-state index contributed by atoms with van der Waals surface area (Å²) in [5.41, 5.74) is 7.08. The van der Waals surface area contributed by atoms with E-state index in [1.807, 2.05) is 74.5 Å². The average molecular weight is 541 g/mol. The third kappa shape index (κ3) is 7.45. The van der Waals surface area contributed by atoms with Gasteiger partial charge in [0.1, 0.15) is 0 Å². The fourth-order valence-electron chi connectivity index (χ4n) is 3.88. The first-order chi connectivity index (χ1) is 18.3. The zero-order valence-electron chi connectivity index (χ0n) is 21.0. The molecule has 6 heteroatoms. The lowest BCUT2D eigenvalue weighted by Crippen LogP contribution is -2.09.